The molecule has 0 fully saturated rings. The van der Waals surface area contributed by atoms with Gasteiger partial charge >= 0.3 is 0 Å². The number of rotatable bonds is 2. The Kier molecular flexibility index (Phi) is 3.47. The van der Waals surface area contributed by atoms with E-state index < -0.39 is 6.23 Å². The molecule has 6 nitrogen and oxygen atoms in total. The highest BCUT2D eigenvalue weighted by atomic mass is 16.7. The third kappa shape index (κ3) is 2.52. The van der Waals surface area contributed by atoms with Gasteiger partial charge in [-0.1, -0.05) is 30.3 Å². The zero-order valence-electron chi connectivity index (χ0n) is 15.5. The van der Waals surface area contributed by atoms with Gasteiger partial charge in [0.25, 0.3) is 0 Å². The van der Waals surface area contributed by atoms with E-state index >= 15 is 0 Å². The molecule has 0 saturated carbocycles. The fourth-order valence-electron chi connectivity index (χ4n) is 4.20. The van der Waals surface area contributed by atoms with Gasteiger partial charge in [-0.05, 0) is 36.4 Å². The Balaban J connectivity index is 1.46. The second-order valence-electron chi connectivity index (χ2n) is 7.28. The Bertz CT molecular complexity index is 1140. The van der Waals surface area contributed by atoms with Crippen molar-refractivity contribution < 1.29 is 19.3 Å². The van der Waals surface area contributed by atoms with Crippen LogP contribution in [0.4, 0.5) is 0 Å². The number of para-hydroxylation sites is 2. The van der Waals surface area contributed by atoms with Crippen molar-refractivity contribution in [2.24, 2.45) is 5.10 Å². The minimum absolute atomic E-state index is 0.0324. The SMILES string of the molecule is Oc1ccccc1C1=NN2[C@@H](C1)c1ccccc1O[C@H]2c1ccc2c(c1)OCO2. The number of hydrazone groups is 1. The van der Waals surface area contributed by atoms with Crippen LogP contribution in [0.5, 0.6) is 23.0 Å². The van der Waals surface area contributed by atoms with E-state index in [0.717, 1.165) is 33.9 Å². The molecule has 3 aromatic rings. The number of hydrogen-bond donors (Lipinski definition) is 1. The number of nitrogens with zero attached hydrogens (tertiary/aromatic N) is 2. The van der Waals surface area contributed by atoms with Crippen LogP contribution in [-0.2, 0) is 0 Å². The lowest BCUT2D eigenvalue weighted by atomic mass is 9.95. The van der Waals surface area contributed by atoms with E-state index in [2.05, 4.69) is 6.07 Å². The van der Waals surface area contributed by atoms with Crippen LogP contribution >= 0.6 is 0 Å². The number of benzene rings is 3. The van der Waals surface area contributed by atoms with E-state index in [4.69, 9.17) is 19.3 Å². The predicted molar refractivity (Wildman–Crippen MR) is 106 cm³/mol. The summed E-state index contributed by atoms with van der Waals surface area (Å²) in [5.41, 5.74) is 3.64. The quantitative estimate of drug-likeness (QED) is 0.709. The summed E-state index contributed by atoms with van der Waals surface area (Å²) in [6, 6.07) is 21.2. The molecule has 0 aliphatic carbocycles. The van der Waals surface area contributed by atoms with Gasteiger partial charge < -0.3 is 19.3 Å². The van der Waals surface area contributed by atoms with E-state index in [0.29, 0.717) is 12.2 Å². The lowest BCUT2D eigenvalue weighted by Gasteiger charge is -2.38. The topological polar surface area (TPSA) is 63.5 Å². The maximum absolute atomic E-state index is 10.3. The Morgan fingerprint density at radius 3 is 2.66 bits per heavy atom. The van der Waals surface area contributed by atoms with E-state index in [1.165, 1.54) is 0 Å². The highest BCUT2D eigenvalue weighted by Gasteiger charge is 2.41. The predicted octanol–water partition coefficient (Wildman–Crippen LogP) is 4.36. The number of aromatic hydroxyl groups is 1. The van der Waals surface area contributed by atoms with Crippen LogP contribution in [0.2, 0.25) is 0 Å². The fraction of sp³-hybridized carbons (Fsp3) is 0.174. The van der Waals surface area contributed by atoms with Gasteiger partial charge in [0.05, 0.1) is 11.8 Å². The van der Waals surface area contributed by atoms with Crippen LogP contribution in [0, 0.1) is 0 Å². The van der Waals surface area contributed by atoms with E-state index in [-0.39, 0.29) is 18.6 Å². The summed E-state index contributed by atoms with van der Waals surface area (Å²) in [6.07, 6.45) is 0.298. The monoisotopic (exact) mass is 386 g/mol. The Morgan fingerprint density at radius 2 is 1.72 bits per heavy atom. The molecule has 0 spiro atoms. The third-order valence-electron chi connectivity index (χ3n) is 5.60. The van der Waals surface area contributed by atoms with Gasteiger partial charge in [0.1, 0.15) is 11.5 Å². The largest absolute Gasteiger partial charge is 0.507 e. The van der Waals surface area contributed by atoms with Crippen molar-refractivity contribution in [2.45, 2.75) is 18.7 Å². The Hall–Kier alpha value is -3.67. The highest BCUT2D eigenvalue weighted by molar-refractivity contribution is 6.04. The second-order valence-corrected chi connectivity index (χ2v) is 7.28. The maximum atomic E-state index is 10.3. The number of fused-ring (bicyclic) bond motifs is 4. The van der Waals surface area contributed by atoms with E-state index in [9.17, 15) is 5.11 Å². The van der Waals surface area contributed by atoms with Crippen LogP contribution in [-0.4, -0.2) is 22.6 Å². The molecule has 6 heteroatoms. The molecule has 3 aliphatic rings. The summed E-state index contributed by atoms with van der Waals surface area (Å²) in [6.45, 7) is 0.231. The van der Waals surface area contributed by atoms with Crippen molar-refractivity contribution in [2.75, 3.05) is 6.79 Å². The summed E-state index contributed by atoms with van der Waals surface area (Å²) in [5, 5.41) is 17.2. The number of ether oxygens (including phenoxy) is 3. The molecular formula is C23H18N2O4. The molecule has 0 aromatic heterocycles. The molecular weight excluding hydrogens is 368 g/mol. The van der Waals surface area contributed by atoms with Crippen molar-refractivity contribution in [1.82, 2.24) is 5.01 Å². The lowest BCUT2D eigenvalue weighted by Crippen LogP contribution is -2.33. The van der Waals surface area contributed by atoms with Crippen molar-refractivity contribution in [1.29, 1.82) is 0 Å². The molecule has 144 valence electrons. The first-order chi connectivity index (χ1) is 14.3. The molecule has 3 heterocycles. The van der Waals surface area contributed by atoms with Gasteiger partial charge in [0.2, 0.25) is 13.0 Å². The second kappa shape index (κ2) is 6.17. The van der Waals surface area contributed by atoms with E-state index in [1.807, 2.05) is 59.6 Å². The molecule has 6 rings (SSSR count). The zero-order chi connectivity index (χ0) is 19.4. The molecule has 0 amide bonds. The zero-order valence-corrected chi connectivity index (χ0v) is 15.5. The average Bonchev–Trinajstić information content (AvgIpc) is 3.40. The third-order valence-corrected chi connectivity index (χ3v) is 5.60. The van der Waals surface area contributed by atoms with Gasteiger partial charge in [0, 0.05) is 23.1 Å². The standard InChI is InChI=1S/C23H18N2O4/c26-19-7-3-1-5-15(19)17-12-18-16-6-2-4-8-20(16)29-23(25(18)24-17)14-9-10-21-22(11-14)28-13-27-21/h1-11,18,23,26H,12-13H2/t18-,23-/m0/s1. The van der Waals surface area contributed by atoms with Crippen LogP contribution in [0.25, 0.3) is 0 Å². The molecule has 29 heavy (non-hydrogen) atoms. The van der Waals surface area contributed by atoms with Crippen LogP contribution in [0.1, 0.15) is 35.4 Å². The van der Waals surface area contributed by atoms with Crippen molar-refractivity contribution in [3.8, 4) is 23.0 Å². The summed E-state index contributed by atoms with van der Waals surface area (Å²) < 4.78 is 17.4. The summed E-state index contributed by atoms with van der Waals surface area (Å²) in [4.78, 5) is 0. The maximum Gasteiger partial charge on any atom is 0.231 e. The molecule has 2 atom stereocenters. The number of hydrogen-bond acceptors (Lipinski definition) is 6. The minimum Gasteiger partial charge on any atom is -0.507 e. The molecule has 0 bridgehead atoms. The first-order valence-corrected chi connectivity index (χ1v) is 9.57. The van der Waals surface area contributed by atoms with Crippen molar-refractivity contribution in [3.63, 3.8) is 0 Å². The van der Waals surface area contributed by atoms with Gasteiger partial charge in [-0.15, -0.1) is 0 Å². The van der Waals surface area contributed by atoms with Gasteiger partial charge in [-0.25, -0.2) is 5.01 Å². The Morgan fingerprint density at radius 1 is 0.897 bits per heavy atom. The first kappa shape index (κ1) is 16.3. The molecule has 0 radical (unpaired) electrons. The molecule has 1 N–H and O–H groups in total. The fourth-order valence-corrected chi connectivity index (χ4v) is 4.20. The van der Waals surface area contributed by atoms with Crippen molar-refractivity contribution >= 4 is 5.71 Å². The Labute approximate surface area is 167 Å². The van der Waals surface area contributed by atoms with Crippen LogP contribution in [0.15, 0.2) is 71.8 Å². The van der Waals surface area contributed by atoms with Crippen molar-refractivity contribution in [3.05, 3.63) is 83.4 Å². The first-order valence-electron chi connectivity index (χ1n) is 9.57. The molecule has 0 saturated heterocycles. The van der Waals surface area contributed by atoms with Gasteiger partial charge in [-0.3, -0.25) is 0 Å². The van der Waals surface area contributed by atoms with E-state index in [1.54, 1.807) is 6.07 Å². The highest BCUT2D eigenvalue weighted by Crippen LogP contribution is 2.48. The summed E-state index contributed by atoms with van der Waals surface area (Å²) >= 11 is 0. The minimum atomic E-state index is -0.396. The van der Waals surface area contributed by atoms with Crippen LogP contribution < -0.4 is 14.2 Å². The average molecular weight is 386 g/mol. The number of phenols is 1. The number of phenolic OH excluding ortho intramolecular Hbond substituents is 1. The molecule has 3 aromatic carbocycles. The normalized spacial score (nSPS) is 21.2. The summed E-state index contributed by atoms with van der Waals surface area (Å²) in [7, 11) is 0. The van der Waals surface area contributed by atoms with Gasteiger partial charge in [-0.2, -0.15) is 5.10 Å². The van der Waals surface area contributed by atoms with Crippen LogP contribution in [0.3, 0.4) is 0 Å². The summed E-state index contributed by atoms with van der Waals surface area (Å²) in [5.74, 6) is 2.54. The molecule has 3 aliphatic heterocycles. The smallest absolute Gasteiger partial charge is 0.231 e. The lowest BCUT2D eigenvalue weighted by molar-refractivity contribution is -0.0191. The molecule has 0 unspecified atom stereocenters. The van der Waals surface area contributed by atoms with Gasteiger partial charge in [0.15, 0.2) is 11.5 Å².